The van der Waals surface area contributed by atoms with Crippen molar-refractivity contribution in [1.29, 1.82) is 0 Å². The van der Waals surface area contributed by atoms with Crippen molar-refractivity contribution in [2.24, 2.45) is 0 Å². The Balaban J connectivity index is 2.16. The van der Waals surface area contributed by atoms with Gasteiger partial charge in [-0.05, 0) is 64.4 Å². The minimum atomic E-state index is -4.61. The van der Waals surface area contributed by atoms with E-state index in [9.17, 15) is 31.5 Å². The van der Waals surface area contributed by atoms with Crippen LogP contribution < -0.4 is 0 Å². The number of carboxylic acids is 1. The molecule has 1 N–H and O–H groups in total. The number of aromatic carboxylic acids is 1. The number of aromatic nitrogens is 1. The molecule has 1 aromatic heterocycles. The van der Waals surface area contributed by atoms with Gasteiger partial charge in [-0.2, -0.15) is 13.2 Å². The number of hydrogen-bond acceptors (Lipinski definition) is 4. The molecule has 0 bridgehead atoms. The van der Waals surface area contributed by atoms with Crippen LogP contribution in [0, 0.1) is 6.92 Å². The Bertz CT molecular complexity index is 1660. The molecule has 4 rings (SSSR count). The second-order valence-electron chi connectivity index (χ2n) is 9.21. The second kappa shape index (κ2) is 9.30. The van der Waals surface area contributed by atoms with Crippen LogP contribution in [0.3, 0.4) is 0 Å². The number of benzene rings is 3. The maximum Gasteiger partial charge on any atom is 0.418 e. The minimum absolute atomic E-state index is 0.104. The van der Waals surface area contributed by atoms with Crippen molar-refractivity contribution in [1.82, 2.24) is 4.98 Å². The van der Waals surface area contributed by atoms with Crippen molar-refractivity contribution in [3.8, 4) is 22.3 Å². The summed E-state index contributed by atoms with van der Waals surface area (Å²) in [5, 5.41) is 10.1. The fourth-order valence-corrected chi connectivity index (χ4v) is 5.21. The third-order valence-corrected chi connectivity index (χ3v) is 7.47. The van der Waals surface area contributed by atoms with Crippen LogP contribution in [0.4, 0.5) is 13.2 Å². The van der Waals surface area contributed by atoms with Crippen molar-refractivity contribution in [2.75, 3.05) is 6.26 Å². The number of fused-ring (bicyclic) bond motifs is 1. The number of rotatable bonds is 5. The van der Waals surface area contributed by atoms with E-state index < -0.39 is 27.5 Å². The maximum atomic E-state index is 13.8. The summed E-state index contributed by atoms with van der Waals surface area (Å²) in [7, 11) is -3.76. The molecule has 0 radical (unpaired) electrons. The maximum absolute atomic E-state index is 13.8. The number of para-hydroxylation sites is 1. The molecule has 37 heavy (non-hydrogen) atoms. The summed E-state index contributed by atoms with van der Waals surface area (Å²) in [6.07, 6.45) is -2.18. The number of sulfone groups is 1. The zero-order valence-electron chi connectivity index (χ0n) is 20.5. The zero-order chi connectivity index (χ0) is 27.3. The van der Waals surface area contributed by atoms with Gasteiger partial charge in [0.05, 0.1) is 21.5 Å². The van der Waals surface area contributed by atoms with E-state index in [1.165, 1.54) is 18.3 Å². The summed E-state index contributed by atoms with van der Waals surface area (Å²) in [6, 6.07) is 13.3. The van der Waals surface area contributed by atoms with Gasteiger partial charge in [0.25, 0.3) is 0 Å². The van der Waals surface area contributed by atoms with Gasteiger partial charge in [0.15, 0.2) is 9.84 Å². The monoisotopic (exact) mass is 527 g/mol. The van der Waals surface area contributed by atoms with Crippen molar-refractivity contribution in [3.63, 3.8) is 0 Å². The quantitative estimate of drug-likeness (QED) is 0.299. The van der Waals surface area contributed by atoms with Crippen LogP contribution in [0.1, 0.15) is 46.8 Å². The van der Waals surface area contributed by atoms with Gasteiger partial charge in [0.2, 0.25) is 0 Å². The molecule has 1 heterocycles. The Labute approximate surface area is 212 Å². The smallest absolute Gasteiger partial charge is 0.418 e. The van der Waals surface area contributed by atoms with Crippen LogP contribution >= 0.6 is 0 Å². The van der Waals surface area contributed by atoms with Gasteiger partial charge in [0, 0.05) is 17.8 Å². The van der Waals surface area contributed by atoms with Crippen molar-refractivity contribution in [2.45, 2.75) is 37.8 Å². The van der Waals surface area contributed by atoms with Gasteiger partial charge in [-0.3, -0.25) is 4.98 Å². The average Bonchev–Trinajstić information content (AvgIpc) is 2.81. The first-order valence-corrected chi connectivity index (χ1v) is 13.3. The van der Waals surface area contributed by atoms with Crippen molar-refractivity contribution in [3.05, 3.63) is 83.0 Å². The Morgan fingerprint density at radius 2 is 1.62 bits per heavy atom. The SMILES string of the molecule is Cc1c(C(=O)O)cc(S(C)(=O)=O)cc1-c1ccccc1-c1c(C(C)C)cnc2c(C(F)(F)F)cccc12. The first-order chi connectivity index (χ1) is 17.2. The fraction of sp³-hybridized carbons (Fsp3) is 0.214. The minimum Gasteiger partial charge on any atom is -0.478 e. The average molecular weight is 528 g/mol. The van der Waals surface area contributed by atoms with Crippen molar-refractivity contribution >= 4 is 26.7 Å². The number of alkyl halides is 3. The molecule has 0 saturated carbocycles. The number of hydrogen-bond donors (Lipinski definition) is 1. The van der Waals surface area contributed by atoms with Gasteiger partial charge in [-0.1, -0.05) is 50.2 Å². The van der Waals surface area contributed by atoms with Gasteiger partial charge >= 0.3 is 12.1 Å². The largest absolute Gasteiger partial charge is 0.478 e. The lowest BCUT2D eigenvalue weighted by molar-refractivity contribution is -0.136. The Hall–Kier alpha value is -3.72. The summed E-state index contributed by atoms with van der Waals surface area (Å²) < 4.78 is 66.3. The predicted molar refractivity (Wildman–Crippen MR) is 137 cm³/mol. The topological polar surface area (TPSA) is 84.3 Å². The van der Waals surface area contributed by atoms with Gasteiger partial charge in [-0.15, -0.1) is 0 Å². The lowest BCUT2D eigenvalue weighted by Gasteiger charge is -2.21. The van der Waals surface area contributed by atoms with E-state index in [0.717, 1.165) is 18.4 Å². The van der Waals surface area contributed by atoms with Gasteiger partial charge in [-0.25, -0.2) is 13.2 Å². The summed E-state index contributed by atoms with van der Waals surface area (Å²) in [5.41, 5.74) is 1.76. The zero-order valence-corrected chi connectivity index (χ0v) is 21.3. The van der Waals surface area contributed by atoms with Crippen LogP contribution in [0.25, 0.3) is 33.2 Å². The first-order valence-electron chi connectivity index (χ1n) is 11.4. The van der Waals surface area contributed by atoms with Gasteiger partial charge in [0.1, 0.15) is 0 Å². The highest BCUT2D eigenvalue weighted by atomic mass is 32.2. The van der Waals surface area contributed by atoms with Gasteiger partial charge < -0.3 is 5.11 Å². The third-order valence-electron chi connectivity index (χ3n) is 6.38. The van der Waals surface area contributed by atoms with E-state index in [4.69, 9.17) is 0 Å². The summed E-state index contributed by atoms with van der Waals surface area (Å²) >= 11 is 0. The summed E-state index contributed by atoms with van der Waals surface area (Å²) in [5.74, 6) is -1.39. The first kappa shape index (κ1) is 26.3. The van der Waals surface area contributed by atoms with E-state index in [2.05, 4.69) is 4.98 Å². The summed E-state index contributed by atoms with van der Waals surface area (Å²) in [4.78, 5) is 16.0. The molecule has 0 atom stereocenters. The predicted octanol–water partition coefficient (Wildman–Crippen LogP) is 7.12. The fourth-order valence-electron chi connectivity index (χ4n) is 4.55. The molecule has 0 unspecified atom stereocenters. The number of pyridine rings is 1. The van der Waals surface area contributed by atoms with Crippen LogP contribution in [-0.2, 0) is 16.0 Å². The Kier molecular flexibility index (Phi) is 6.62. The highest BCUT2D eigenvalue weighted by molar-refractivity contribution is 7.90. The lowest BCUT2D eigenvalue weighted by atomic mass is 9.85. The Morgan fingerprint density at radius 1 is 0.973 bits per heavy atom. The standard InChI is InChI=1S/C28H24F3NO4S/c1-15(2)23-14-32-26-20(10-7-11-24(26)28(29,30)31)25(23)19-9-6-5-8-18(19)21-12-17(37(4,35)36)13-22(16(21)3)27(33)34/h5-15H,1-4H3,(H,33,34). The van der Waals surface area contributed by atoms with E-state index in [1.807, 2.05) is 13.8 Å². The molecular formula is C28H24F3NO4S. The molecule has 9 heteroatoms. The van der Waals surface area contributed by atoms with Crippen LogP contribution in [0.15, 0.2) is 65.7 Å². The number of carbonyl (C=O) groups is 1. The molecule has 5 nitrogen and oxygen atoms in total. The molecule has 0 aliphatic rings. The molecule has 0 saturated heterocycles. The van der Waals surface area contributed by atoms with Crippen molar-refractivity contribution < 1.29 is 31.5 Å². The Morgan fingerprint density at radius 3 is 2.19 bits per heavy atom. The molecule has 0 aliphatic heterocycles. The molecule has 192 valence electrons. The van der Waals surface area contributed by atoms with Crippen LogP contribution in [0.5, 0.6) is 0 Å². The molecule has 3 aromatic carbocycles. The molecule has 4 aromatic rings. The molecule has 0 fully saturated rings. The number of carboxylic acid groups (broad SMARTS) is 1. The molecule has 0 spiro atoms. The highest BCUT2D eigenvalue weighted by Gasteiger charge is 2.34. The third kappa shape index (κ3) is 4.83. The number of nitrogens with zero attached hydrogens (tertiary/aromatic N) is 1. The van der Waals surface area contributed by atoms with E-state index in [0.29, 0.717) is 38.8 Å². The van der Waals surface area contributed by atoms with Crippen LogP contribution in [-0.4, -0.2) is 30.7 Å². The second-order valence-corrected chi connectivity index (χ2v) is 11.2. The van der Waals surface area contributed by atoms with E-state index in [-0.39, 0.29) is 21.9 Å². The summed E-state index contributed by atoms with van der Waals surface area (Å²) in [6.45, 7) is 5.39. The normalized spacial score (nSPS) is 12.3. The lowest BCUT2D eigenvalue weighted by Crippen LogP contribution is -2.08. The highest BCUT2D eigenvalue weighted by Crippen LogP contribution is 2.44. The molecule has 0 amide bonds. The molecule has 0 aliphatic carbocycles. The van der Waals surface area contributed by atoms with E-state index in [1.54, 1.807) is 37.3 Å². The van der Waals surface area contributed by atoms with E-state index >= 15 is 0 Å². The van der Waals surface area contributed by atoms with Crippen LogP contribution in [0.2, 0.25) is 0 Å². The molecular weight excluding hydrogens is 503 g/mol. The number of halogens is 3.